The molecular weight excluding hydrogens is 283 g/mol. The Balaban J connectivity index is 2.34. The summed E-state index contributed by atoms with van der Waals surface area (Å²) in [7, 11) is 3.12. The molecule has 0 aliphatic carbocycles. The molecule has 0 bridgehead atoms. The second-order valence-electron chi connectivity index (χ2n) is 4.90. The van der Waals surface area contributed by atoms with Crippen LogP contribution in [0.2, 0.25) is 0 Å². The maximum absolute atomic E-state index is 13.1. The molecule has 0 fully saturated rings. The molecule has 0 aliphatic rings. The minimum Gasteiger partial charge on any atom is -0.508 e. The third-order valence-corrected chi connectivity index (χ3v) is 3.61. The van der Waals surface area contributed by atoms with Crippen LogP contribution in [0.15, 0.2) is 48.5 Å². The van der Waals surface area contributed by atoms with Gasteiger partial charge in [-0.3, -0.25) is 0 Å². The van der Waals surface area contributed by atoms with E-state index in [0.717, 1.165) is 21.9 Å². The molecule has 1 N–H and O–H groups in total. The molecule has 0 spiro atoms. The standard InChI is InChI=1S/C18H15FO3/c1-21-17-8-7-14-15(11-3-5-12(19)6-4-11)9-13(20)10-16(14)18(17)22-2/h3-10,20H,1-2H3. The molecule has 0 heterocycles. The quantitative estimate of drug-likeness (QED) is 0.780. The summed E-state index contributed by atoms with van der Waals surface area (Å²) in [6.45, 7) is 0. The van der Waals surface area contributed by atoms with E-state index in [2.05, 4.69) is 0 Å². The smallest absolute Gasteiger partial charge is 0.168 e. The molecule has 3 aromatic rings. The summed E-state index contributed by atoms with van der Waals surface area (Å²) in [5.41, 5.74) is 1.62. The average Bonchev–Trinajstić information content (AvgIpc) is 2.53. The average molecular weight is 298 g/mol. The fourth-order valence-electron chi connectivity index (χ4n) is 2.61. The first kappa shape index (κ1) is 14.2. The number of phenolic OH excluding ortho intramolecular Hbond substituents is 1. The highest BCUT2D eigenvalue weighted by molar-refractivity contribution is 6.02. The summed E-state index contributed by atoms with van der Waals surface area (Å²) < 4.78 is 23.8. The lowest BCUT2D eigenvalue weighted by Gasteiger charge is -2.14. The predicted octanol–water partition coefficient (Wildman–Crippen LogP) is 4.37. The summed E-state index contributed by atoms with van der Waals surface area (Å²) in [6, 6.07) is 13.1. The Bertz CT molecular complexity index is 826. The van der Waals surface area contributed by atoms with Crippen molar-refractivity contribution in [1.82, 2.24) is 0 Å². The van der Waals surface area contributed by atoms with Crippen molar-refractivity contribution in [2.75, 3.05) is 14.2 Å². The maximum atomic E-state index is 13.1. The molecule has 0 atom stereocenters. The molecule has 0 aliphatic heterocycles. The molecule has 0 aromatic heterocycles. The summed E-state index contributed by atoms with van der Waals surface area (Å²) in [6.07, 6.45) is 0. The van der Waals surface area contributed by atoms with E-state index in [1.807, 2.05) is 12.1 Å². The molecular formula is C18H15FO3. The topological polar surface area (TPSA) is 38.7 Å². The van der Waals surface area contributed by atoms with Crippen molar-refractivity contribution in [2.24, 2.45) is 0 Å². The van der Waals surface area contributed by atoms with Crippen LogP contribution in [0.4, 0.5) is 4.39 Å². The highest BCUT2D eigenvalue weighted by Crippen LogP contribution is 2.41. The van der Waals surface area contributed by atoms with Crippen molar-refractivity contribution in [1.29, 1.82) is 0 Å². The molecule has 0 saturated heterocycles. The van der Waals surface area contributed by atoms with Gasteiger partial charge in [-0.1, -0.05) is 12.1 Å². The molecule has 22 heavy (non-hydrogen) atoms. The molecule has 112 valence electrons. The molecule has 0 unspecified atom stereocenters. The summed E-state index contributed by atoms with van der Waals surface area (Å²) in [5.74, 6) is 0.954. The van der Waals surface area contributed by atoms with Crippen LogP contribution in [0, 0.1) is 5.82 Å². The number of ether oxygens (including phenoxy) is 2. The van der Waals surface area contributed by atoms with Crippen LogP contribution >= 0.6 is 0 Å². The Hall–Kier alpha value is -2.75. The number of benzene rings is 3. The van der Waals surface area contributed by atoms with Crippen LogP contribution in [0.1, 0.15) is 0 Å². The van der Waals surface area contributed by atoms with Crippen LogP contribution < -0.4 is 9.47 Å². The van der Waals surface area contributed by atoms with Crippen LogP contribution in [-0.4, -0.2) is 19.3 Å². The van der Waals surface area contributed by atoms with E-state index in [1.54, 1.807) is 38.5 Å². The number of phenols is 1. The first-order valence-corrected chi connectivity index (χ1v) is 6.77. The Morgan fingerprint density at radius 2 is 1.59 bits per heavy atom. The number of fused-ring (bicyclic) bond motifs is 1. The lowest BCUT2D eigenvalue weighted by Crippen LogP contribution is -1.92. The van der Waals surface area contributed by atoms with Crippen LogP contribution in [0.5, 0.6) is 17.2 Å². The van der Waals surface area contributed by atoms with Gasteiger partial charge in [-0.2, -0.15) is 0 Å². The normalized spacial score (nSPS) is 10.7. The van der Waals surface area contributed by atoms with Gasteiger partial charge in [0, 0.05) is 5.39 Å². The minimum atomic E-state index is -0.299. The first-order valence-electron chi connectivity index (χ1n) is 6.77. The second-order valence-corrected chi connectivity index (χ2v) is 4.90. The summed E-state index contributed by atoms with van der Waals surface area (Å²) in [4.78, 5) is 0. The van der Waals surface area contributed by atoms with E-state index in [4.69, 9.17) is 9.47 Å². The van der Waals surface area contributed by atoms with Gasteiger partial charge in [0.25, 0.3) is 0 Å². The van der Waals surface area contributed by atoms with Crippen LogP contribution in [0.25, 0.3) is 21.9 Å². The van der Waals surface area contributed by atoms with Crippen molar-refractivity contribution >= 4 is 10.8 Å². The van der Waals surface area contributed by atoms with Crippen LogP contribution in [-0.2, 0) is 0 Å². The van der Waals surface area contributed by atoms with E-state index < -0.39 is 0 Å². The van der Waals surface area contributed by atoms with Gasteiger partial charge in [-0.25, -0.2) is 4.39 Å². The molecule has 3 rings (SSSR count). The number of methoxy groups -OCH3 is 2. The van der Waals surface area contributed by atoms with Crippen molar-refractivity contribution in [3.05, 3.63) is 54.3 Å². The molecule has 3 nitrogen and oxygen atoms in total. The fourth-order valence-corrected chi connectivity index (χ4v) is 2.61. The number of hydrogen-bond donors (Lipinski definition) is 1. The van der Waals surface area contributed by atoms with Gasteiger partial charge in [0.2, 0.25) is 0 Å². The zero-order chi connectivity index (χ0) is 15.7. The zero-order valence-corrected chi connectivity index (χ0v) is 12.3. The van der Waals surface area contributed by atoms with E-state index in [0.29, 0.717) is 11.5 Å². The zero-order valence-electron chi connectivity index (χ0n) is 12.3. The van der Waals surface area contributed by atoms with Crippen molar-refractivity contribution in [3.8, 4) is 28.4 Å². The summed E-state index contributed by atoms with van der Waals surface area (Å²) in [5, 5.41) is 11.7. The second kappa shape index (κ2) is 5.56. The van der Waals surface area contributed by atoms with Crippen LogP contribution in [0.3, 0.4) is 0 Å². The minimum absolute atomic E-state index is 0.110. The highest BCUT2D eigenvalue weighted by Gasteiger charge is 2.14. The molecule has 0 radical (unpaired) electrons. The van der Waals surface area contributed by atoms with E-state index in [9.17, 15) is 9.50 Å². The Morgan fingerprint density at radius 1 is 0.864 bits per heavy atom. The van der Waals surface area contributed by atoms with Gasteiger partial charge >= 0.3 is 0 Å². The van der Waals surface area contributed by atoms with Crippen molar-refractivity contribution in [3.63, 3.8) is 0 Å². The van der Waals surface area contributed by atoms with Gasteiger partial charge in [0.05, 0.1) is 14.2 Å². The Morgan fingerprint density at radius 3 is 2.23 bits per heavy atom. The molecule has 0 saturated carbocycles. The molecule has 3 aromatic carbocycles. The van der Waals surface area contributed by atoms with Gasteiger partial charge in [-0.15, -0.1) is 0 Å². The first-order chi connectivity index (χ1) is 10.6. The fraction of sp³-hybridized carbons (Fsp3) is 0.111. The number of rotatable bonds is 3. The largest absolute Gasteiger partial charge is 0.508 e. The summed E-state index contributed by atoms with van der Waals surface area (Å²) >= 11 is 0. The molecule has 4 heteroatoms. The number of halogens is 1. The highest BCUT2D eigenvalue weighted by atomic mass is 19.1. The lowest BCUT2D eigenvalue weighted by molar-refractivity contribution is 0.358. The van der Waals surface area contributed by atoms with Gasteiger partial charge in [0.1, 0.15) is 11.6 Å². The van der Waals surface area contributed by atoms with Crippen molar-refractivity contribution in [2.45, 2.75) is 0 Å². The Labute approximate surface area is 127 Å². The van der Waals surface area contributed by atoms with Gasteiger partial charge in [-0.05, 0) is 52.9 Å². The van der Waals surface area contributed by atoms with Crippen molar-refractivity contribution < 1.29 is 19.0 Å². The number of hydrogen-bond acceptors (Lipinski definition) is 3. The predicted molar refractivity (Wildman–Crippen MR) is 84.1 cm³/mol. The molecule has 0 amide bonds. The maximum Gasteiger partial charge on any atom is 0.168 e. The van der Waals surface area contributed by atoms with Gasteiger partial charge < -0.3 is 14.6 Å². The SMILES string of the molecule is COc1ccc2c(-c3ccc(F)cc3)cc(O)cc2c1OC. The van der Waals surface area contributed by atoms with Gasteiger partial charge in [0.15, 0.2) is 11.5 Å². The third-order valence-electron chi connectivity index (χ3n) is 3.61. The van der Waals surface area contributed by atoms with E-state index in [1.165, 1.54) is 12.1 Å². The Kier molecular flexibility index (Phi) is 3.59. The monoisotopic (exact) mass is 298 g/mol. The van der Waals surface area contributed by atoms with E-state index in [-0.39, 0.29) is 11.6 Å². The lowest BCUT2D eigenvalue weighted by atomic mass is 9.97. The van der Waals surface area contributed by atoms with E-state index >= 15 is 0 Å². The third kappa shape index (κ3) is 2.33. The number of aromatic hydroxyl groups is 1.